The van der Waals surface area contributed by atoms with E-state index in [1.165, 1.54) is 15.6 Å². The van der Waals surface area contributed by atoms with Gasteiger partial charge in [0.1, 0.15) is 4.21 Å². The monoisotopic (exact) mass is 388 g/mol. The van der Waals surface area contributed by atoms with Gasteiger partial charge in [-0.2, -0.15) is 4.31 Å². The number of nitrogens with one attached hydrogen (secondary N) is 1. The lowest BCUT2D eigenvalue weighted by Crippen LogP contribution is -2.41. The van der Waals surface area contributed by atoms with E-state index in [9.17, 15) is 18.0 Å². The predicted octanol–water partition coefficient (Wildman–Crippen LogP) is 1.46. The third kappa shape index (κ3) is 5.52. The zero-order chi connectivity index (χ0) is 18.4. The summed E-state index contributed by atoms with van der Waals surface area (Å²) in [5.41, 5.74) is 0. The van der Waals surface area contributed by atoms with Crippen molar-refractivity contribution >= 4 is 33.2 Å². The molecule has 7 nitrogen and oxygen atoms in total. The Hall–Kier alpha value is -1.45. The van der Waals surface area contributed by atoms with Crippen molar-refractivity contribution in [1.29, 1.82) is 0 Å². The summed E-state index contributed by atoms with van der Waals surface area (Å²) < 4.78 is 31.6. The highest BCUT2D eigenvalue weighted by Gasteiger charge is 2.33. The number of amides is 1. The molecule has 0 spiro atoms. The molecule has 1 aliphatic heterocycles. The first-order valence-electron chi connectivity index (χ1n) is 8.27. The Morgan fingerprint density at radius 3 is 2.60 bits per heavy atom. The minimum absolute atomic E-state index is 0.277. The second-order valence-electron chi connectivity index (χ2n) is 6.42. The van der Waals surface area contributed by atoms with Crippen LogP contribution in [0.3, 0.4) is 0 Å². The van der Waals surface area contributed by atoms with Crippen molar-refractivity contribution in [3.63, 3.8) is 0 Å². The molecule has 2 rings (SSSR count). The Morgan fingerprint density at radius 2 is 2.04 bits per heavy atom. The molecule has 0 saturated carbocycles. The number of esters is 1. The third-order valence-electron chi connectivity index (χ3n) is 3.93. The number of rotatable bonds is 7. The molecule has 0 radical (unpaired) electrons. The van der Waals surface area contributed by atoms with E-state index >= 15 is 0 Å². The largest absolute Gasteiger partial charge is 0.455 e. The van der Waals surface area contributed by atoms with Gasteiger partial charge < -0.3 is 10.1 Å². The Kier molecular flexibility index (Phi) is 6.97. The van der Waals surface area contributed by atoms with Gasteiger partial charge in [0.05, 0.1) is 5.92 Å². The van der Waals surface area contributed by atoms with E-state index < -0.39 is 16.0 Å². The summed E-state index contributed by atoms with van der Waals surface area (Å²) in [6.07, 6.45) is 0.800. The quantitative estimate of drug-likeness (QED) is 0.714. The Balaban J connectivity index is 1.78. The van der Waals surface area contributed by atoms with Gasteiger partial charge in [-0.05, 0) is 30.2 Å². The van der Waals surface area contributed by atoms with Crippen molar-refractivity contribution in [3.05, 3.63) is 17.5 Å². The molecule has 25 heavy (non-hydrogen) atoms. The lowest BCUT2D eigenvalue weighted by Gasteiger charge is -2.29. The number of hydrogen-bond donors (Lipinski definition) is 1. The maximum absolute atomic E-state index is 12.4. The molecule has 1 aromatic heterocycles. The Labute approximate surface area is 152 Å². The maximum atomic E-state index is 12.4. The highest BCUT2D eigenvalue weighted by atomic mass is 32.2. The van der Waals surface area contributed by atoms with Gasteiger partial charge >= 0.3 is 5.97 Å². The summed E-state index contributed by atoms with van der Waals surface area (Å²) in [5.74, 6) is -0.797. The molecule has 1 aliphatic rings. The van der Waals surface area contributed by atoms with Crippen molar-refractivity contribution < 1.29 is 22.7 Å². The average Bonchev–Trinajstić information content (AvgIpc) is 3.13. The summed E-state index contributed by atoms with van der Waals surface area (Å²) in [4.78, 5) is 23.6. The standard InChI is InChI=1S/C16H24N2O5S2/c1-12(2)10-17-14(19)11-23-16(20)13-5-7-18(8-6-13)25(21,22)15-4-3-9-24-15/h3-4,9,12-13H,5-8,10-11H2,1-2H3,(H,17,19). The fourth-order valence-corrected chi connectivity index (χ4v) is 5.11. The van der Waals surface area contributed by atoms with E-state index in [0.29, 0.717) is 29.5 Å². The second kappa shape index (κ2) is 8.77. The molecule has 0 aliphatic carbocycles. The molecule has 0 aromatic carbocycles. The molecular weight excluding hydrogens is 364 g/mol. The molecule has 1 fully saturated rings. The lowest BCUT2D eigenvalue weighted by molar-refractivity contribution is -0.153. The lowest BCUT2D eigenvalue weighted by atomic mass is 9.98. The number of carbonyl (C=O) groups is 2. The molecule has 0 unspecified atom stereocenters. The normalized spacial score (nSPS) is 16.8. The van der Waals surface area contributed by atoms with Crippen LogP contribution in [0.2, 0.25) is 0 Å². The SMILES string of the molecule is CC(C)CNC(=O)COC(=O)C1CCN(S(=O)(=O)c2cccs2)CC1. The first kappa shape index (κ1) is 19.9. The summed E-state index contributed by atoms with van der Waals surface area (Å²) in [6.45, 7) is 4.75. The van der Waals surface area contributed by atoms with Crippen molar-refractivity contribution in [1.82, 2.24) is 9.62 Å². The number of sulfonamides is 1. The highest BCUT2D eigenvalue weighted by molar-refractivity contribution is 7.91. The van der Waals surface area contributed by atoms with Crippen molar-refractivity contribution in [2.75, 3.05) is 26.2 Å². The number of carbonyl (C=O) groups excluding carboxylic acids is 2. The molecule has 1 saturated heterocycles. The van der Waals surface area contributed by atoms with Gasteiger partial charge in [0.25, 0.3) is 15.9 Å². The van der Waals surface area contributed by atoms with Crippen molar-refractivity contribution in [3.8, 4) is 0 Å². The number of nitrogens with zero attached hydrogens (tertiary/aromatic N) is 1. The molecule has 1 aromatic rings. The number of thiophene rings is 1. The van der Waals surface area contributed by atoms with Gasteiger partial charge in [-0.25, -0.2) is 8.42 Å². The smallest absolute Gasteiger partial charge is 0.309 e. The van der Waals surface area contributed by atoms with Gasteiger partial charge in [0, 0.05) is 19.6 Å². The third-order valence-corrected chi connectivity index (χ3v) is 7.20. The fraction of sp³-hybridized carbons (Fsp3) is 0.625. The second-order valence-corrected chi connectivity index (χ2v) is 9.53. The van der Waals surface area contributed by atoms with E-state index in [2.05, 4.69) is 5.32 Å². The molecular formula is C16H24N2O5S2. The van der Waals surface area contributed by atoms with E-state index in [0.717, 1.165) is 0 Å². The number of ether oxygens (including phenoxy) is 1. The topological polar surface area (TPSA) is 92.8 Å². The zero-order valence-electron chi connectivity index (χ0n) is 14.4. The van der Waals surface area contributed by atoms with Crippen LogP contribution in [0.15, 0.2) is 21.7 Å². The van der Waals surface area contributed by atoms with Crippen LogP contribution in [0.25, 0.3) is 0 Å². The van der Waals surface area contributed by atoms with Gasteiger partial charge in [-0.15, -0.1) is 11.3 Å². The molecule has 140 valence electrons. The van der Waals surface area contributed by atoms with Gasteiger partial charge in [-0.3, -0.25) is 9.59 Å². The van der Waals surface area contributed by atoms with Crippen LogP contribution in [-0.2, 0) is 24.3 Å². The molecule has 2 heterocycles. The van der Waals surface area contributed by atoms with Crippen molar-refractivity contribution in [2.45, 2.75) is 30.9 Å². The van der Waals surface area contributed by atoms with Crippen LogP contribution in [0.5, 0.6) is 0 Å². The van der Waals surface area contributed by atoms with Crippen LogP contribution in [0.1, 0.15) is 26.7 Å². The first-order valence-corrected chi connectivity index (χ1v) is 10.6. The summed E-state index contributed by atoms with van der Waals surface area (Å²) >= 11 is 1.18. The van der Waals surface area contributed by atoms with Gasteiger partial charge in [-0.1, -0.05) is 19.9 Å². The Bertz CT molecular complexity index is 677. The zero-order valence-corrected chi connectivity index (χ0v) is 16.1. The highest BCUT2D eigenvalue weighted by Crippen LogP contribution is 2.26. The van der Waals surface area contributed by atoms with Crippen LogP contribution in [-0.4, -0.2) is 50.8 Å². The predicted molar refractivity (Wildman–Crippen MR) is 94.6 cm³/mol. The molecule has 1 N–H and O–H groups in total. The molecule has 0 atom stereocenters. The summed E-state index contributed by atoms with van der Waals surface area (Å²) in [5, 5.41) is 4.40. The Morgan fingerprint density at radius 1 is 1.36 bits per heavy atom. The fourth-order valence-electron chi connectivity index (χ4n) is 2.49. The van der Waals surface area contributed by atoms with Gasteiger partial charge in [0.2, 0.25) is 0 Å². The molecule has 9 heteroatoms. The van der Waals surface area contributed by atoms with Crippen LogP contribution in [0, 0.1) is 11.8 Å². The summed E-state index contributed by atoms with van der Waals surface area (Å²) in [7, 11) is -3.47. The van der Waals surface area contributed by atoms with Crippen molar-refractivity contribution in [2.24, 2.45) is 11.8 Å². The minimum Gasteiger partial charge on any atom is -0.455 e. The molecule has 0 bridgehead atoms. The average molecular weight is 389 g/mol. The van der Waals surface area contributed by atoms with Crippen LogP contribution >= 0.6 is 11.3 Å². The maximum Gasteiger partial charge on any atom is 0.309 e. The minimum atomic E-state index is -3.47. The van der Waals surface area contributed by atoms with E-state index in [1.54, 1.807) is 17.5 Å². The van der Waals surface area contributed by atoms with E-state index in [4.69, 9.17) is 4.74 Å². The van der Waals surface area contributed by atoms with E-state index in [1.807, 2.05) is 13.8 Å². The van der Waals surface area contributed by atoms with Crippen LogP contribution < -0.4 is 5.32 Å². The summed E-state index contributed by atoms with van der Waals surface area (Å²) in [6, 6.07) is 3.28. The first-order chi connectivity index (χ1) is 11.8. The van der Waals surface area contributed by atoms with E-state index in [-0.39, 0.29) is 31.5 Å². The van der Waals surface area contributed by atoms with Gasteiger partial charge in [0.15, 0.2) is 6.61 Å². The number of piperidine rings is 1. The van der Waals surface area contributed by atoms with Crippen LogP contribution in [0.4, 0.5) is 0 Å². The molecule has 1 amide bonds. The number of hydrogen-bond acceptors (Lipinski definition) is 6.